The second-order valence-corrected chi connectivity index (χ2v) is 6.27. The quantitative estimate of drug-likeness (QED) is 0.563. The molecule has 0 saturated carbocycles. The number of benzene rings is 2. The van der Waals surface area contributed by atoms with Crippen LogP contribution in [-0.4, -0.2) is 29.4 Å². The lowest BCUT2D eigenvalue weighted by molar-refractivity contribution is 0.0680. The fourth-order valence-corrected chi connectivity index (χ4v) is 3.13. The van der Waals surface area contributed by atoms with Crippen LogP contribution in [0.1, 0.15) is 28.9 Å². The van der Waals surface area contributed by atoms with Gasteiger partial charge in [-0.15, -0.1) is 0 Å². The van der Waals surface area contributed by atoms with E-state index in [-0.39, 0.29) is 18.1 Å². The van der Waals surface area contributed by atoms with E-state index in [2.05, 4.69) is 0 Å². The van der Waals surface area contributed by atoms with Gasteiger partial charge in [-0.3, -0.25) is 0 Å². The van der Waals surface area contributed by atoms with Crippen molar-refractivity contribution < 1.29 is 23.8 Å². The van der Waals surface area contributed by atoms with Crippen molar-refractivity contribution in [1.82, 2.24) is 4.57 Å². The van der Waals surface area contributed by atoms with Crippen molar-refractivity contribution in [2.45, 2.75) is 26.0 Å². The number of aromatic nitrogens is 1. The van der Waals surface area contributed by atoms with Crippen molar-refractivity contribution >= 4 is 16.9 Å². The van der Waals surface area contributed by atoms with E-state index in [0.717, 1.165) is 18.4 Å². The summed E-state index contributed by atoms with van der Waals surface area (Å²) in [5, 5.41) is 10.3. The lowest BCUT2D eigenvalue weighted by Crippen LogP contribution is -2.11. The highest BCUT2D eigenvalue weighted by molar-refractivity contribution is 6.01. The number of aromatic carboxylic acids is 1. The highest BCUT2D eigenvalue weighted by Crippen LogP contribution is 2.35. The monoisotopic (exact) mass is 371 g/mol. The van der Waals surface area contributed by atoms with E-state index in [1.165, 1.54) is 12.1 Å². The van der Waals surface area contributed by atoms with Crippen molar-refractivity contribution in [3.8, 4) is 5.75 Å². The molecule has 0 spiro atoms. The maximum absolute atomic E-state index is 13.8. The number of carboxylic acid groups (broad SMARTS) is 1. The Bertz CT molecular complexity index is 921. The van der Waals surface area contributed by atoms with E-state index in [1.807, 2.05) is 30.3 Å². The van der Waals surface area contributed by atoms with Gasteiger partial charge in [0.25, 0.3) is 0 Å². The molecule has 1 heterocycles. The molecule has 0 aliphatic rings. The maximum Gasteiger partial charge on any atom is 0.356 e. The number of rotatable bonds is 9. The molecule has 0 amide bonds. The van der Waals surface area contributed by atoms with Gasteiger partial charge >= 0.3 is 5.97 Å². The molecule has 2 aromatic carbocycles. The van der Waals surface area contributed by atoms with E-state index in [1.54, 1.807) is 17.7 Å². The molecule has 5 nitrogen and oxygen atoms in total. The Balaban J connectivity index is 2.00. The first-order valence-corrected chi connectivity index (χ1v) is 8.82. The molecular weight excluding hydrogens is 349 g/mol. The summed E-state index contributed by atoms with van der Waals surface area (Å²) >= 11 is 0. The molecule has 3 rings (SSSR count). The number of hydrogen-bond donors (Lipinski definition) is 1. The minimum Gasteiger partial charge on any atom is -0.486 e. The molecule has 142 valence electrons. The molecular formula is C21H22FNO4. The van der Waals surface area contributed by atoms with Crippen LogP contribution < -0.4 is 4.74 Å². The molecule has 1 N–H and O–H groups in total. The fraction of sp³-hybridized carbons (Fsp3) is 0.286. The molecule has 1 aromatic heterocycles. The van der Waals surface area contributed by atoms with Crippen LogP contribution >= 0.6 is 0 Å². The molecule has 27 heavy (non-hydrogen) atoms. The number of unbranched alkanes of at least 4 members (excludes halogenated alkanes) is 1. The highest BCUT2D eigenvalue weighted by atomic mass is 19.1. The smallest absolute Gasteiger partial charge is 0.356 e. The first kappa shape index (κ1) is 18.9. The summed E-state index contributed by atoms with van der Waals surface area (Å²) in [6.07, 6.45) is 1.55. The van der Waals surface area contributed by atoms with Crippen molar-refractivity contribution in [1.29, 1.82) is 0 Å². The summed E-state index contributed by atoms with van der Waals surface area (Å²) in [5.74, 6) is -1.32. The Morgan fingerprint density at radius 1 is 1.15 bits per heavy atom. The summed E-state index contributed by atoms with van der Waals surface area (Å²) in [6, 6.07) is 13.7. The predicted molar refractivity (Wildman–Crippen MR) is 101 cm³/mol. The Morgan fingerprint density at radius 2 is 1.93 bits per heavy atom. The molecule has 0 bridgehead atoms. The topological polar surface area (TPSA) is 60.7 Å². The molecule has 0 radical (unpaired) electrons. The molecule has 0 unspecified atom stereocenters. The molecule has 0 aliphatic heterocycles. The van der Waals surface area contributed by atoms with Gasteiger partial charge in [0.1, 0.15) is 12.4 Å². The molecule has 0 saturated heterocycles. The van der Waals surface area contributed by atoms with Gasteiger partial charge in [-0.1, -0.05) is 30.3 Å². The zero-order chi connectivity index (χ0) is 19.2. The minimum absolute atomic E-state index is 0.0453. The second-order valence-electron chi connectivity index (χ2n) is 6.27. The molecule has 0 aliphatic carbocycles. The second kappa shape index (κ2) is 8.68. The number of nitrogens with zero attached hydrogens (tertiary/aromatic N) is 1. The molecule has 3 aromatic rings. The van der Waals surface area contributed by atoms with Crippen LogP contribution in [0.5, 0.6) is 5.75 Å². The van der Waals surface area contributed by atoms with Gasteiger partial charge in [0.2, 0.25) is 0 Å². The van der Waals surface area contributed by atoms with Gasteiger partial charge < -0.3 is 19.1 Å². The molecule has 0 fully saturated rings. The number of hydrogen-bond acceptors (Lipinski definition) is 3. The average Bonchev–Trinajstić information content (AvgIpc) is 2.97. The van der Waals surface area contributed by atoms with Crippen molar-refractivity contribution in [2.24, 2.45) is 0 Å². The van der Waals surface area contributed by atoms with Gasteiger partial charge in [0, 0.05) is 25.6 Å². The SMILES string of the molecule is COCCCCn1c(C(=O)O)c(OCc2ccccc2)c2cc(F)ccc21. The number of fused-ring (bicyclic) bond motifs is 1. The van der Waals surface area contributed by atoms with E-state index in [9.17, 15) is 14.3 Å². The number of carboxylic acids is 1. The van der Waals surface area contributed by atoms with Crippen LogP contribution in [0.2, 0.25) is 0 Å². The van der Waals surface area contributed by atoms with Gasteiger partial charge in [-0.05, 0) is 36.6 Å². The van der Waals surface area contributed by atoms with Crippen LogP contribution in [-0.2, 0) is 17.9 Å². The van der Waals surface area contributed by atoms with Crippen LogP contribution in [0.25, 0.3) is 10.9 Å². The third-order valence-corrected chi connectivity index (χ3v) is 4.39. The van der Waals surface area contributed by atoms with Crippen molar-refractivity contribution in [3.63, 3.8) is 0 Å². The standard InChI is InChI=1S/C21H22FNO4/c1-26-12-6-5-11-23-18-10-9-16(22)13-17(18)20(19(23)21(24)25)27-14-15-7-3-2-4-8-15/h2-4,7-10,13H,5-6,11-12,14H2,1H3,(H,24,25). The molecule has 0 atom stereocenters. The lowest BCUT2D eigenvalue weighted by Gasteiger charge is -2.10. The predicted octanol–water partition coefficient (Wildman–Crippen LogP) is 4.48. The van der Waals surface area contributed by atoms with E-state index in [4.69, 9.17) is 9.47 Å². The third kappa shape index (κ3) is 4.28. The van der Waals surface area contributed by atoms with Crippen LogP contribution in [0.4, 0.5) is 4.39 Å². The van der Waals surface area contributed by atoms with Crippen LogP contribution in [0.15, 0.2) is 48.5 Å². The van der Waals surface area contributed by atoms with Gasteiger partial charge in [0.05, 0.1) is 5.52 Å². The number of ether oxygens (including phenoxy) is 2. The summed E-state index contributed by atoms with van der Waals surface area (Å²) in [5.41, 5.74) is 1.60. The Morgan fingerprint density at radius 3 is 2.63 bits per heavy atom. The largest absolute Gasteiger partial charge is 0.486 e. The van der Waals surface area contributed by atoms with Crippen LogP contribution in [0.3, 0.4) is 0 Å². The third-order valence-electron chi connectivity index (χ3n) is 4.39. The van der Waals surface area contributed by atoms with Gasteiger partial charge in [-0.25, -0.2) is 9.18 Å². The Kier molecular flexibility index (Phi) is 6.08. The summed E-state index contributed by atoms with van der Waals surface area (Å²) in [4.78, 5) is 12.0. The highest BCUT2D eigenvalue weighted by Gasteiger charge is 2.24. The zero-order valence-electron chi connectivity index (χ0n) is 15.2. The summed E-state index contributed by atoms with van der Waals surface area (Å²) in [7, 11) is 1.63. The first-order chi connectivity index (χ1) is 13.1. The summed E-state index contributed by atoms with van der Waals surface area (Å²) in [6.45, 7) is 1.30. The Hall–Kier alpha value is -2.86. The normalized spacial score (nSPS) is 11.0. The van der Waals surface area contributed by atoms with Gasteiger partial charge in [-0.2, -0.15) is 0 Å². The molecule has 6 heteroatoms. The maximum atomic E-state index is 13.8. The lowest BCUT2D eigenvalue weighted by atomic mass is 10.2. The zero-order valence-corrected chi connectivity index (χ0v) is 15.2. The van der Waals surface area contributed by atoms with Crippen LogP contribution in [0, 0.1) is 5.82 Å². The number of aryl methyl sites for hydroxylation is 1. The average molecular weight is 371 g/mol. The van der Waals surface area contributed by atoms with Crippen molar-refractivity contribution in [3.05, 3.63) is 65.6 Å². The minimum atomic E-state index is -1.10. The van der Waals surface area contributed by atoms with E-state index >= 15 is 0 Å². The van der Waals surface area contributed by atoms with Crippen molar-refractivity contribution in [2.75, 3.05) is 13.7 Å². The van der Waals surface area contributed by atoms with Gasteiger partial charge in [0.15, 0.2) is 11.4 Å². The number of carbonyl (C=O) groups is 1. The Labute approximate surface area is 156 Å². The first-order valence-electron chi connectivity index (χ1n) is 8.82. The fourth-order valence-electron chi connectivity index (χ4n) is 3.13. The van der Waals surface area contributed by atoms with E-state index < -0.39 is 11.8 Å². The number of methoxy groups -OCH3 is 1. The van der Waals surface area contributed by atoms with E-state index in [0.29, 0.717) is 24.1 Å². The summed E-state index contributed by atoms with van der Waals surface area (Å²) < 4.78 is 26.5. The number of halogens is 1.